The number of carbonyl (C=O) groups excluding carboxylic acids is 1. The maximum Gasteiger partial charge on any atom is 0.262 e. The average Bonchev–Trinajstić information content (AvgIpc) is 3.55. The van der Waals surface area contributed by atoms with Crippen LogP contribution in [0.4, 0.5) is 0 Å². The van der Waals surface area contributed by atoms with E-state index in [1.807, 2.05) is 17.5 Å². The van der Waals surface area contributed by atoms with Gasteiger partial charge in [0.2, 0.25) is 5.91 Å². The molecular formula is C25H30N4O2S. The zero-order chi connectivity index (χ0) is 22.1. The third kappa shape index (κ3) is 4.24. The molecule has 1 aromatic carbocycles. The first-order valence-electron chi connectivity index (χ1n) is 11.7. The van der Waals surface area contributed by atoms with Gasteiger partial charge in [0.05, 0.1) is 11.7 Å². The van der Waals surface area contributed by atoms with E-state index < -0.39 is 0 Å². The average molecular weight is 451 g/mol. The quantitative estimate of drug-likeness (QED) is 0.571. The van der Waals surface area contributed by atoms with Gasteiger partial charge < -0.3 is 9.80 Å². The third-order valence-corrected chi connectivity index (χ3v) is 7.74. The fourth-order valence-electron chi connectivity index (χ4n) is 5.05. The highest BCUT2D eigenvalue weighted by Gasteiger charge is 2.30. The Kier molecular flexibility index (Phi) is 6.11. The molecule has 3 aromatic rings. The maximum atomic E-state index is 13.3. The molecule has 0 N–H and O–H groups in total. The summed E-state index contributed by atoms with van der Waals surface area (Å²) >= 11 is 1.49. The van der Waals surface area contributed by atoms with Crippen molar-refractivity contribution in [2.24, 2.45) is 0 Å². The number of benzene rings is 1. The lowest BCUT2D eigenvalue weighted by Crippen LogP contribution is -2.43. The second kappa shape index (κ2) is 9.16. The molecule has 0 aliphatic carbocycles. The summed E-state index contributed by atoms with van der Waals surface area (Å²) in [6.07, 6.45) is 6.64. The fourth-order valence-corrected chi connectivity index (χ4v) is 5.96. The molecule has 32 heavy (non-hydrogen) atoms. The van der Waals surface area contributed by atoms with Crippen LogP contribution in [-0.2, 0) is 11.3 Å². The molecule has 2 saturated heterocycles. The number of likely N-dealkylation sites (tertiary alicyclic amines) is 2. The molecule has 0 spiro atoms. The van der Waals surface area contributed by atoms with E-state index in [0.29, 0.717) is 24.4 Å². The van der Waals surface area contributed by atoms with Crippen molar-refractivity contribution < 1.29 is 4.79 Å². The maximum absolute atomic E-state index is 13.3. The molecule has 5 rings (SSSR count). The Hall–Kier alpha value is -2.51. The normalized spacial score (nSPS) is 19.3. The number of rotatable bonds is 6. The van der Waals surface area contributed by atoms with Crippen molar-refractivity contribution in [1.29, 1.82) is 0 Å². The van der Waals surface area contributed by atoms with Gasteiger partial charge in [0.1, 0.15) is 4.83 Å². The number of hydrogen-bond acceptors (Lipinski definition) is 5. The summed E-state index contributed by atoms with van der Waals surface area (Å²) in [4.78, 5) is 36.1. The summed E-state index contributed by atoms with van der Waals surface area (Å²) < 4.78 is 1.61. The minimum Gasteiger partial charge on any atom is -0.338 e. The lowest BCUT2D eigenvalue weighted by molar-refractivity contribution is -0.132. The van der Waals surface area contributed by atoms with Gasteiger partial charge in [0.15, 0.2) is 0 Å². The predicted molar refractivity (Wildman–Crippen MR) is 129 cm³/mol. The number of thiophene rings is 1. The largest absolute Gasteiger partial charge is 0.338 e. The molecule has 0 bridgehead atoms. The molecule has 2 fully saturated rings. The molecular weight excluding hydrogens is 420 g/mol. The van der Waals surface area contributed by atoms with E-state index in [9.17, 15) is 9.59 Å². The van der Waals surface area contributed by atoms with Gasteiger partial charge in [-0.1, -0.05) is 29.8 Å². The molecule has 2 aromatic heterocycles. The van der Waals surface area contributed by atoms with Crippen molar-refractivity contribution in [2.45, 2.75) is 51.6 Å². The molecule has 6 nitrogen and oxygen atoms in total. The molecule has 1 amide bonds. The highest BCUT2D eigenvalue weighted by Crippen LogP contribution is 2.30. The Balaban J connectivity index is 1.31. The van der Waals surface area contributed by atoms with E-state index in [1.165, 1.54) is 29.7 Å². The van der Waals surface area contributed by atoms with Crippen LogP contribution < -0.4 is 5.56 Å². The lowest BCUT2D eigenvalue weighted by Gasteiger charge is -2.28. The molecule has 1 unspecified atom stereocenters. The van der Waals surface area contributed by atoms with E-state index in [0.717, 1.165) is 55.0 Å². The highest BCUT2D eigenvalue weighted by molar-refractivity contribution is 7.17. The Morgan fingerprint density at radius 2 is 1.91 bits per heavy atom. The molecule has 0 radical (unpaired) electrons. The van der Waals surface area contributed by atoms with Crippen LogP contribution >= 0.6 is 11.3 Å². The Bertz CT molecular complexity index is 1160. The first-order valence-corrected chi connectivity index (χ1v) is 12.5. The Labute approximate surface area is 192 Å². The van der Waals surface area contributed by atoms with Gasteiger partial charge in [-0.05, 0) is 51.3 Å². The number of aromatic nitrogens is 2. The first kappa shape index (κ1) is 21.3. The minimum atomic E-state index is -0.0605. The topological polar surface area (TPSA) is 58.4 Å². The number of hydrogen-bond donors (Lipinski definition) is 0. The van der Waals surface area contributed by atoms with Crippen LogP contribution in [0.5, 0.6) is 0 Å². The monoisotopic (exact) mass is 450 g/mol. The summed E-state index contributed by atoms with van der Waals surface area (Å²) in [5, 5.41) is 2.66. The van der Waals surface area contributed by atoms with Gasteiger partial charge in [-0.15, -0.1) is 11.3 Å². The van der Waals surface area contributed by atoms with Gasteiger partial charge in [0, 0.05) is 43.0 Å². The van der Waals surface area contributed by atoms with E-state index in [2.05, 4.69) is 33.8 Å². The van der Waals surface area contributed by atoms with Gasteiger partial charge >= 0.3 is 0 Å². The third-order valence-electron chi connectivity index (χ3n) is 6.85. The minimum absolute atomic E-state index is 0.0605. The number of carbonyl (C=O) groups is 1. The van der Waals surface area contributed by atoms with Crippen molar-refractivity contribution in [1.82, 2.24) is 19.4 Å². The van der Waals surface area contributed by atoms with Gasteiger partial charge in [-0.3, -0.25) is 14.2 Å². The predicted octanol–water partition coefficient (Wildman–Crippen LogP) is 3.91. The highest BCUT2D eigenvalue weighted by atomic mass is 32.1. The summed E-state index contributed by atoms with van der Waals surface area (Å²) in [6, 6.07) is 8.53. The van der Waals surface area contributed by atoms with Crippen LogP contribution in [0, 0.1) is 6.92 Å². The second-order valence-corrected chi connectivity index (χ2v) is 9.94. The second-order valence-electron chi connectivity index (χ2n) is 9.08. The van der Waals surface area contributed by atoms with Crippen molar-refractivity contribution in [3.8, 4) is 11.1 Å². The summed E-state index contributed by atoms with van der Waals surface area (Å²) in [6.45, 7) is 6.57. The number of fused-ring (bicyclic) bond motifs is 1. The zero-order valence-electron chi connectivity index (χ0n) is 18.6. The summed E-state index contributed by atoms with van der Waals surface area (Å²) in [5.41, 5.74) is 3.08. The van der Waals surface area contributed by atoms with Crippen LogP contribution in [0.15, 0.2) is 40.8 Å². The van der Waals surface area contributed by atoms with Gasteiger partial charge in [-0.2, -0.15) is 0 Å². The Morgan fingerprint density at radius 3 is 2.69 bits per heavy atom. The summed E-state index contributed by atoms with van der Waals surface area (Å²) in [7, 11) is 0. The molecule has 2 aliphatic rings. The van der Waals surface area contributed by atoms with Crippen molar-refractivity contribution in [3.05, 3.63) is 51.9 Å². The standard InChI is InChI=1S/C25H30N4O2S/c1-18-6-8-19(9-7-18)21-16-32-24-23(21)25(31)28(17-26-24)14-10-22(30)29-13-4-5-20(29)15-27-11-2-3-12-27/h6-9,16-17,20H,2-5,10-15H2,1H3. The number of aryl methyl sites for hydroxylation is 2. The van der Waals surface area contributed by atoms with Crippen LogP contribution in [0.2, 0.25) is 0 Å². The number of nitrogens with zero attached hydrogens (tertiary/aromatic N) is 4. The fraction of sp³-hybridized carbons (Fsp3) is 0.480. The van der Waals surface area contributed by atoms with Crippen molar-refractivity contribution >= 4 is 27.5 Å². The lowest BCUT2D eigenvalue weighted by atomic mass is 10.1. The SMILES string of the molecule is Cc1ccc(-c2csc3ncn(CCC(=O)N4CCCC4CN4CCCC4)c(=O)c23)cc1. The molecule has 2 aliphatic heterocycles. The molecule has 4 heterocycles. The number of amides is 1. The van der Waals surface area contributed by atoms with E-state index in [4.69, 9.17) is 0 Å². The van der Waals surface area contributed by atoms with Crippen LogP contribution in [0.3, 0.4) is 0 Å². The molecule has 1 atom stereocenters. The van der Waals surface area contributed by atoms with Crippen LogP contribution in [-0.4, -0.2) is 57.5 Å². The van der Waals surface area contributed by atoms with Gasteiger partial charge in [0.25, 0.3) is 5.56 Å². The first-order chi connectivity index (χ1) is 15.6. The smallest absolute Gasteiger partial charge is 0.262 e. The van der Waals surface area contributed by atoms with Crippen LogP contribution in [0.1, 0.15) is 37.7 Å². The molecule has 7 heteroatoms. The molecule has 168 valence electrons. The van der Waals surface area contributed by atoms with E-state index in [-0.39, 0.29) is 11.5 Å². The van der Waals surface area contributed by atoms with E-state index in [1.54, 1.807) is 10.9 Å². The summed E-state index contributed by atoms with van der Waals surface area (Å²) in [5.74, 6) is 0.155. The van der Waals surface area contributed by atoms with E-state index >= 15 is 0 Å². The van der Waals surface area contributed by atoms with Crippen molar-refractivity contribution in [2.75, 3.05) is 26.2 Å². The Morgan fingerprint density at radius 1 is 1.12 bits per heavy atom. The van der Waals surface area contributed by atoms with Gasteiger partial charge in [-0.25, -0.2) is 4.98 Å². The molecule has 0 saturated carbocycles. The van der Waals surface area contributed by atoms with Crippen LogP contribution in [0.25, 0.3) is 21.3 Å². The zero-order valence-corrected chi connectivity index (χ0v) is 19.4. The van der Waals surface area contributed by atoms with Crippen molar-refractivity contribution in [3.63, 3.8) is 0 Å².